The van der Waals surface area contributed by atoms with Crippen LogP contribution in [0.1, 0.15) is 22.7 Å². The zero-order valence-corrected chi connectivity index (χ0v) is 24.4. The molecule has 42 heavy (non-hydrogen) atoms. The predicted octanol–water partition coefficient (Wildman–Crippen LogP) is 4.71. The van der Waals surface area contributed by atoms with E-state index in [1.165, 1.54) is 26.4 Å². The van der Waals surface area contributed by atoms with E-state index in [1.54, 1.807) is 43.5 Å². The van der Waals surface area contributed by atoms with Gasteiger partial charge in [0.1, 0.15) is 12.4 Å². The first kappa shape index (κ1) is 30.2. The number of anilines is 1. The lowest BCUT2D eigenvalue weighted by Crippen LogP contribution is -2.31. The Labute approximate surface area is 245 Å². The second-order valence-electron chi connectivity index (χ2n) is 9.24. The molecule has 0 saturated carbocycles. The molecule has 0 spiro atoms. The Morgan fingerprint density at radius 3 is 2.10 bits per heavy atom. The van der Waals surface area contributed by atoms with Crippen molar-refractivity contribution in [1.82, 2.24) is 4.72 Å². The number of nitrogens with one attached hydrogen (secondary N) is 3. The average molecular weight is 591 g/mol. The number of amidine groups is 1. The number of hydrogen-bond donors (Lipinski definition) is 4. The fourth-order valence-corrected chi connectivity index (χ4v) is 5.28. The normalized spacial score (nSPS) is 11.8. The number of hydrogen-bond acceptors (Lipinski definition) is 8. The summed E-state index contributed by atoms with van der Waals surface area (Å²) in [6.45, 7) is 0.365. The van der Waals surface area contributed by atoms with Gasteiger partial charge in [-0.1, -0.05) is 36.4 Å². The van der Waals surface area contributed by atoms with Crippen molar-refractivity contribution in [2.45, 2.75) is 17.5 Å². The van der Waals surface area contributed by atoms with E-state index in [1.807, 2.05) is 42.5 Å². The maximum absolute atomic E-state index is 13.3. The molecule has 0 amide bonds. The van der Waals surface area contributed by atoms with E-state index in [-0.39, 0.29) is 17.3 Å². The number of sulfonamides is 1. The van der Waals surface area contributed by atoms with Crippen molar-refractivity contribution in [2.24, 2.45) is 5.73 Å². The maximum Gasteiger partial charge on any atom is 0.240 e. The van der Waals surface area contributed by atoms with E-state index in [9.17, 15) is 8.42 Å². The van der Waals surface area contributed by atoms with Crippen LogP contribution in [0.2, 0.25) is 0 Å². The van der Waals surface area contributed by atoms with Gasteiger partial charge in [-0.2, -0.15) is 0 Å². The Kier molecular flexibility index (Phi) is 9.89. The van der Waals surface area contributed by atoms with E-state index in [4.69, 9.17) is 30.1 Å². The Morgan fingerprint density at radius 1 is 0.810 bits per heavy atom. The van der Waals surface area contributed by atoms with Crippen molar-refractivity contribution < 1.29 is 27.4 Å². The average Bonchev–Trinajstić information content (AvgIpc) is 3.02. The van der Waals surface area contributed by atoms with Gasteiger partial charge in [0.2, 0.25) is 10.0 Å². The minimum Gasteiger partial charge on any atom is -0.493 e. The van der Waals surface area contributed by atoms with Gasteiger partial charge in [-0.3, -0.25) is 5.41 Å². The summed E-state index contributed by atoms with van der Waals surface area (Å²) in [4.78, 5) is 0.0342. The van der Waals surface area contributed by atoms with Gasteiger partial charge in [-0.05, 0) is 59.7 Å². The number of rotatable bonds is 14. The molecule has 4 aromatic rings. The highest BCUT2D eigenvalue weighted by Crippen LogP contribution is 2.33. The Morgan fingerprint density at radius 2 is 1.45 bits per heavy atom. The van der Waals surface area contributed by atoms with Gasteiger partial charge in [0.15, 0.2) is 23.0 Å². The molecule has 0 bridgehead atoms. The molecular formula is C31H34N4O6S. The van der Waals surface area contributed by atoms with E-state index >= 15 is 0 Å². The third kappa shape index (κ3) is 7.50. The molecule has 5 N–H and O–H groups in total. The van der Waals surface area contributed by atoms with Gasteiger partial charge in [-0.15, -0.1) is 0 Å². The number of ether oxygens (including phenoxy) is 4. The highest BCUT2D eigenvalue weighted by molar-refractivity contribution is 7.89. The molecule has 0 heterocycles. The topological polar surface area (TPSA) is 145 Å². The molecular weight excluding hydrogens is 556 g/mol. The highest BCUT2D eigenvalue weighted by atomic mass is 32.2. The monoisotopic (exact) mass is 590 g/mol. The summed E-state index contributed by atoms with van der Waals surface area (Å²) >= 11 is 0. The van der Waals surface area contributed by atoms with Crippen LogP contribution in [0.25, 0.3) is 0 Å². The summed E-state index contributed by atoms with van der Waals surface area (Å²) < 4.78 is 51.4. The van der Waals surface area contributed by atoms with Crippen molar-refractivity contribution >= 4 is 21.5 Å². The van der Waals surface area contributed by atoms with Crippen LogP contribution in [0.5, 0.6) is 23.0 Å². The van der Waals surface area contributed by atoms with Gasteiger partial charge < -0.3 is 30.0 Å². The molecule has 4 rings (SSSR count). The maximum atomic E-state index is 13.3. The molecule has 4 aromatic carbocycles. The SMILES string of the molecule is COc1ccc(S(=O)(=O)NCC(Nc2ccc(C(=N)N)cc2)c2ccc(OCc3ccccc3)c(OC)c2)cc1OC. The van der Waals surface area contributed by atoms with Crippen molar-refractivity contribution in [1.29, 1.82) is 5.41 Å². The number of methoxy groups -OCH3 is 3. The second-order valence-corrected chi connectivity index (χ2v) is 11.0. The molecule has 220 valence electrons. The summed E-state index contributed by atoms with van der Waals surface area (Å²) in [6, 6.07) is 26.1. The molecule has 0 fully saturated rings. The smallest absolute Gasteiger partial charge is 0.240 e. The number of nitrogen functional groups attached to an aromatic ring is 1. The second kappa shape index (κ2) is 13.7. The Balaban J connectivity index is 1.60. The molecule has 0 aliphatic rings. The van der Waals surface area contributed by atoms with Crippen molar-refractivity contribution in [3.8, 4) is 23.0 Å². The first-order valence-electron chi connectivity index (χ1n) is 13.0. The summed E-state index contributed by atoms with van der Waals surface area (Å²) in [5, 5.41) is 11.0. The van der Waals surface area contributed by atoms with Crippen LogP contribution in [0, 0.1) is 5.41 Å². The van der Waals surface area contributed by atoms with E-state index in [2.05, 4.69) is 10.0 Å². The summed E-state index contributed by atoms with van der Waals surface area (Å²) in [6.07, 6.45) is 0. The Hall–Kier alpha value is -4.74. The van der Waals surface area contributed by atoms with Crippen LogP contribution >= 0.6 is 0 Å². The first-order valence-corrected chi connectivity index (χ1v) is 14.5. The predicted molar refractivity (Wildman–Crippen MR) is 162 cm³/mol. The minimum absolute atomic E-state index is 0.00148. The van der Waals surface area contributed by atoms with Crippen LogP contribution in [0.4, 0.5) is 5.69 Å². The van der Waals surface area contributed by atoms with Gasteiger partial charge in [0, 0.05) is 23.9 Å². The summed E-state index contributed by atoms with van der Waals surface area (Å²) in [7, 11) is 0.558. The third-order valence-corrected chi connectivity index (χ3v) is 7.93. The van der Waals surface area contributed by atoms with E-state index < -0.39 is 16.1 Å². The van der Waals surface area contributed by atoms with E-state index in [0.29, 0.717) is 40.9 Å². The Bertz CT molecular complexity index is 1610. The lowest BCUT2D eigenvalue weighted by molar-refractivity contribution is 0.284. The van der Waals surface area contributed by atoms with Crippen LogP contribution in [-0.4, -0.2) is 42.1 Å². The highest BCUT2D eigenvalue weighted by Gasteiger charge is 2.21. The molecule has 0 aromatic heterocycles. The van der Waals surface area contributed by atoms with Gasteiger partial charge >= 0.3 is 0 Å². The molecule has 10 nitrogen and oxygen atoms in total. The largest absolute Gasteiger partial charge is 0.493 e. The van der Waals surface area contributed by atoms with Crippen LogP contribution in [0.3, 0.4) is 0 Å². The number of benzene rings is 4. The molecule has 1 atom stereocenters. The number of nitrogens with two attached hydrogens (primary N) is 1. The van der Waals surface area contributed by atoms with E-state index in [0.717, 1.165) is 11.1 Å². The van der Waals surface area contributed by atoms with Gasteiger partial charge in [0.25, 0.3) is 0 Å². The fourth-order valence-electron chi connectivity index (χ4n) is 4.21. The minimum atomic E-state index is -3.92. The zero-order chi connectivity index (χ0) is 30.1. The first-order chi connectivity index (χ1) is 20.2. The molecule has 0 radical (unpaired) electrons. The van der Waals surface area contributed by atoms with Gasteiger partial charge in [-0.25, -0.2) is 13.1 Å². The lowest BCUT2D eigenvalue weighted by Gasteiger charge is -2.23. The molecule has 11 heteroatoms. The van der Waals surface area contributed by atoms with Crippen LogP contribution in [-0.2, 0) is 16.6 Å². The molecule has 0 aliphatic heterocycles. The molecule has 1 unspecified atom stereocenters. The fraction of sp³-hybridized carbons (Fsp3) is 0.194. The molecule has 0 aliphatic carbocycles. The van der Waals surface area contributed by atoms with Crippen LogP contribution in [0.15, 0.2) is 95.9 Å². The van der Waals surface area contributed by atoms with Gasteiger partial charge in [0.05, 0.1) is 32.3 Å². The van der Waals surface area contributed by atoms with Crippen molar-refractivity contribution in [3.05, 3.63) is 108 Å². The van der Waals surface area contributed by atoms with Crippen molar-refractivity contribution in [3.63, 3.8) is 0 Å². The van der Waals surface area contributed by atoms with Crippen LogP contribution < -0.4 is 34.7 Å². The summed E-state index contributed by atoms with van der Waals surface area (Å²) in [5.41, 5.74) is 8.65. The van der Waals surface area contributed by atoms with Crippen molar-refractivity contribution in [2.75, 3.05) is 33.2 Å². The summed E-state index contributed by atoms with van der Waals surface area (Å²) in [5.74, 6) is 1.74. The standard InChI is InChI=1S/C31H34N4O6S/c1-38-27-16-14-25(18-30(27)40-3)42(36,37)34-19-26(35-24-12-9-22(10-13-24)31(32)33)23-11-15-28(29(17-23)39-2)41-20-21-7-5-4-6-8-21/h4-18,26,34-35H,19-20H2,1-3H3,(H3,32,33). The zero-order valence-electron chi connectivity index (χ0n) is 23.6. The lowest BCUT2D eigenvalue weighted by atomic mass is 10.1. The quantitative estimate of drug-likeness (QED) is 0.122. The third-order valence-electron chi connectivity index (χ3n) is 6.51. The molecule has 0 saturated heterocycles.